The molecule has 0 aliphatic rings. The number of rotatable bonds is 2. The smallest absolute Gasteiger partial charge is 0.160 e. The lowest BCUT2D eigenvalue weighted by molar-refractivity contribution is 0.359. The Labute approximate surface area is 89.5 Å². The molecule has 84 valence electrons. The summed E-state index contributed by atoms with van der Waals surface area (Å²) < 4.78 is 25.6. The van der Waals surface area contributed by atoms with Crippen molar-refractivity contribution in [3.63, 3.8) is 0 Å². The molecule has 0 aliphatic heterocycles. The molecule has 1 aromatic rings. The third-order valence-electron chi connectivity index (χ3n) is 2.60. The van der Waals surface area contributed by atoms with Crippen molar-refractivity contribution in [2.45, 2.75) is 33.7 Å². The monoisotopic (exact) mass is 213 g/mol. The Morgan fingerprint density at radius 3 is 2.20 bits per heavy atom. The Bertz CT molecular complexity index is 342. The lowest BCUT2D eigenvalue weighted by atomic mass is 9.88. The third-order valence-corrected chi connectivity index (χ3v) is 2.60. The molecular formula is C12H17F2N. The maximum Gasteiger partial charge on any atom is 0.160 e. The Hall–Kier alpha value is -1.12. The predicted molar refractivity (Wildman–Crippen MR) is 58.9 cm³/mol. The molecular weight excluding hydrogens is 196 g/mol. The van der Waals surface area contributed by atoms with Crippen molar-refractivity contribution in [2.75, 3.05) is 5.32 Å². The molecule has 0 amide bonds. The molecule has 0 aliphatic carbocycles. The number of nitrogens with one attached hydrogen (secondary N) is 1. The zero-order valence-electron chi connectivity index (χ0n) is 9.57. The Balaban J connectivity index is 2.78. The fourth-order valence-electron chi connectivity index (χ4n) is 1.05. The van der Waals surface area contributed by atoms with Crippen LogP contribution in [-0.4, -0.2) is 6.04 Å². The maximum absolute atomic E-state index is 12.9. The summed E-state index contributed by atoms with van der Waals surface area (Å²) >= 11 is 0. The van der Waals surface area contributed by atoms with Crippen LogP contribution in [0.1, 0.15) is 27.7 Å². The molecule has 1 unspecified atom stereocenters. The molecule has 15 heavy (non-hydrogen) atoms. The zero-order valence-corrected chi connectivity index (χ0v) is 9.57. The van der Waals surface area contributed by atoms with E-state index in [1.807, 2.05) is 6.92 Å². The molecule has 0 fully saturated rings. The second kappa shape index (κ2) is 4.17. The van der Waals surface area contributed by atoms with Crippen LogP contribution in [0.15, 0.2) is 18.2 Å². The summed E-state index contributed by atoms with van der Waals surface area (Å²) in [4.78, 5) is 0. The second-order valence-corrected chi connectivity index (χ2v) is 4.86. The standard InChI is InChI=1S/C12H17F2N/c1-8(12(2,3)4)15-9-5-6-10(13)11(14)7-9/h5-8,15H,1-4H3. The van der Waals surface area contributed by atoms with Gasteiger partial charge in [0.15, 0.2) is 11.6 Å². The third kappa shape index (κ3) is 3.18. The van der Waals surface area contributed by atoms with Gasteiger partial charge in [-0.1, -0.05) is 20.8 Å². The minimum Gasteiger partial charge on any atom is -0.382 e. The molecule has 1 nitrogen and oxygen atoms in total. The average molecular weight is 213 g/mol. The summed E-state index contributed by atoms with van der Waals surface area (Å²) in [6.07, 6.45) is 0. The van der Waals surface area contributed by atoms with Crippen LogP contribution in [0.5, 0.6) is 0 Å². The molecule has 0 spiro atoms. The number of benzene rings is 1. The van der Waals surface area contributed by atoms with Crippen molar-refractivity contribution in [3.05, 3.63) is 29.8 Å². The van der Waals surface area contributed by atoms with E-state index in [0.29, 0.717) is 5.69 Å². The summed E-state index contributed by atoms with van der Waals surface area (Å²) in [6, 6.07) is 4.04. The summed E-state index contributed by atoms with van der Waals surface area (Å²) in [5.41, 5.74) is 0.682. The van der Waals surface area contributed by atoms with E-state index in [9.17, 15) is 8.78 Å². The first-order valence-corrected chi connectivity index (χ1v) is 5.02. The topological polar surface area (TPSA) is 12.0 Å². The van der Waals surface area contributed by atoms with Crippen molar-refractivity contribution >= 4 is 5.69 Å². The van der Waals surface area contributed by atoms with Crippen LogP contribution in [-0.2, 0) is 0 Å². The first-order chi connectivity index (χ1) is 6.80. The summed E-state index contributed by atoms with van der Waals surface area (Å²) in [7, 11) is 0. The molecule has 1 N–H and O–H groups in total. The number of anilines is 1. The van der Waals surface area contributed by atoms with Gasteiger partial charge in [0.1, 0.15) is 0 Å². The van der Waals surface area contributed by atoms with Gasteiger partial charge in [0.05, 0.1) is 0 Å². The zero-order chi connectivity index (χ0) is 11.6. The number of hydrogen-bond acceptors (Lipinski definition) is 1. The first kappa shape index (κ1) is 12.0. The van der Waals surface area contributed by atoms with Gasteiger partial charge in [-0.15, -0.1) is 0 Å². The minimum atomic E-state index is -0.818. The largest absolute Gasteiger partial charge is 0.382 e. The van der Waals surface area contributed by atoms with E-state index in [4.69, 9.17) is 0 Å². The van der Waals surface area contributed by atoms with Gasteiger partial charge < -0.3 is 5.32 Å². The Kier molecular flexibility index (Phi) is 3.32. The molecule has 0 heterocycles. The van der Waals surface area contributed by atoms with E-state index in [1.54, 1.807) is 6.07 Å². The van der Waals surface area contributed by atoms with Gasteiger partial charge in [-0.05, 0) is 24.5 Å². The molecule has 0 saturated heterocycles. The first-order valence-electron chi connectivity index (χ1n) is 5.02. The van der Waals surface area contributed by atoms with Crippen LogP contribution in [0.25, 0.3) is 0 Å². The van der Waals surface area contributed by atoms with Gasteiger partial charge in [-0.2, -0.15) is 0 Å². The SMILES string of the molecule is CC(Nc1ccc(F)c(F)c1)C(C)(C)C. The average Bonchev–Trinajstić information content (AvgIpc) is 2.10. The summed E-state index contributed by atoms with van der Waals surface area (Å²) in [5, 5.41) is 3.14. The van der Waals surface area contributed by atoms with E-state index >= 15 is 0 Å². The van der Waals surface area contributed by atoms with Crippen LogP contribution in [0.2, 0.25) is 0 Å². The molecule has 0 saturated carbocycles. The van der Waals surface area contributed by atoms with E-state index in [0.717, 1.165) is 6.07 Å². The fraction of sp³-hybridized carbons (Fsp3) is 0.500. The lowest BCUT2D eigenvalue weighted by Crippen LogP contribution is -2.30. The lowest BCUT2D eigenvalue weighted by Gasteiger charge is -2.29. The summed E-state index contributed by atoms with van der Waals surface area (Å²) in [5.74, 6) is -1.63. The van der Waals surface area contributed by atoms with Crippen molar-refractivity contribution in [1.29, 1.82) is 0 Å². The van der Waals surface area contributed by atoms with E-state index in [-0.39, 0.29) is 11.5 Å². The van der Waals surface area contributed by atoms with Crippen molar-refractivity contribution in [3.8, 4) is 0 Å². The molecule has 1 atom stereocenters. The molecule has 1 rings (SSSR count). The van der Waals surface area contributed by atoms with E-state index in [2.05, 4.69) is 26.1 Å². The van der Waals surface area contributed by atoms with Crippen molar-refractivity contribution < 1.29 is 8.78 Å². The van der Waals surface area contributed by atoms with Crippen LogP contribution >= 0.6 is 0 Å². The quantitative estimate of drug-likeness (QED) is 0.787. The summed E-state index contributed by atoms with van der Waals surface area (Å²) in [6.45, 7) is 8.28. The van der Waals surface area contributed by atoms with Gasteiger partial charge >= 0.3 is 0 Å². The number of halogens is 2. The second-order valence-electron chi connectivity index (χ2n) is 4.86. The maximum atomic E-state index is 12.9. The van der Waals surface area contributed by atoms with E-state index < -0.39 is 11.6 Å². The van der Waals surface area contributed by atoms with Crippen LogP contribution in [0.3, 0.4) is 0 Å². The fourth-order valence-corrected chi connectivity index (χ4v) is 1.05. The molecule has 0 aromatic heterocycles. The van der Waals surface area contributed by atoms with Crippen molar-refractivity contribution in [1.82, 2.24) is 0 Å². The Morgan fingerprint density at radius 1 is 1.13 bits per heavy atom. The van der Waals surface area contributed by atoms with Crippen LogP contribution in [0, 0.1) is 17.0 Å². The number of hydrogen-bond donors (Lipinski definition) is 1. The highest BCUT2D eigenvalue weighted by Crippen LogP contribution is 2.23. The molecule has 1 aromatic carbocycles. The van der Waals surface area contributed by atoms with Gasteiger partial charge in [0.25, 0.3) is 0 Å². The Morgan fingerprint density at radius 2 is 1.73 bits per heavy atom. The van der Waals surface area contributed by atoms with Gasteiger partial charge in [-0.3, -0.25) is 0 Å². The minimum absolute atomic E-state index is 0.0743. The van der Waals surface area contributed by atoms with Crippen LogP contribution < -0.4 is 5.32 Å². The highest BCUT2D eigenvalue weighted by atomic mass is 19.2. The predicted octanol–water partition coefficient (Wildman–Crippen LogP) is 3.81. The van der Waals surface area contributed by atoms with Crippen molar-refractivity contribution in [2.24, 2.45) is 5.41 Å². The molecule has 0 radical (unpaired) electrons. The normalized spacial score (nSPS) is 13.7. The van der Waals surface area contributed by atoms with Gasteiger partial charge in [0, 0.05) is 17.8 Å². The molecule has 3 heteroatoms. The van der Waals surface area contributed by atoms with Crippen LogP contribution in [0.4, 0.5) is 14.5 Å². The van der Waals surface area contributed by atoms with Gasteiger partial charge in [0.2, 0.25) is 0 Å². The highest BCUT2D eigenvalue weighted by Gasteiger charge is 2.19. The van der Waals surface area contributed by atoms with Gasteiger partial charge in [-0.25, -0.2) is 8.78 Å². The molecule has 0 bridgehead atoms. The highest BCUT2D eigenvalue weighted by molar-refractivity contribution is 5.44. The van der Waals surface area contributed by atoms with E-state index in [1.165, 1.54) is 6.07 Å².